The zero-order valence-corrected chi connectivity index (χ0v) is 19.1. The number of benzene rings is 1. The van der Waals surface area contributed by atoms with Crippen molar-refractivity contribution in [3.8, 4) is 5.75 Å². The average molecular weight is 462 g/mol. The molecule has 0 bridgehead atoms. The first-order chi connectivity index (χ1) is 15.5. The van der Waals surface area contributed by atoms with E-state index < -0.39 is 22.0 Å². The van der Waals surface area contributed by atoms with E-state index in [0.29, 0.717) is 18.6 Å². The van der Waals surface area contributed by atoms with Crippen LogP contribution >= 0.6 is 0 Å². The molecular formula is C23H31N3O5S. The van der Waals surface area contributed by atoms with Crippen molar-refractivity contribution in [2.24, 2.45) is 5.92 Å². The summed E-state index contributed by atoms with van der Waals surface area (Å²) >= 11 is 0. The predicted molar refractivity (Wildman–Crippen MR) is 120 cm³/mol. The Kier molecular flexibility index (Phi) is 8.60. The number of amides is 1. The van der Waals surface area contributed by atoms with E-state index in [2.05, 4.69) is 4.98 Å². The molecule has 1 aliphatic rings. The number of hydrogen-bond acceptors (Lipinski definition) is 6. The van der Waals surface area contributed by atoms with Gasteiger partial charge in [0.2, 0.25) is 10.0 Å². The fourth-order valence-electron chi connectivity index (χ4n) is 4.37. The van der Waals surface area contributed by atoms with Crippen LogP contribution in [0, 0.1) is 5.92 Å². The lowest BCUT2D eigenvalue weighted by atomic mass is 9.83. The third-order valence-corrected chi connectivity index (χ3v) is 7.91. The average Bonchev–Trinajstić information content (AvgIpc) is 2.84. The van der Waals surface area contributed by atoms with Gasteiger partial charge in [0.1, 0.15) is 11.8 Å². The van der Waals surface area contributed by atoms with Gasteiger partial charge < -0.3 is 4.74 Å². The van der Waals surface area contributed by atoms with E-state index in [0.717, 1.165) is 37.7 Å². The third kappa shape index (κ3) is 5.85. The quantitative estimate of drug-likeness (QED) is 0.416. The molecule has 0 radical (unpaired) electrons. The van der Waals surface area contributed by atoms with E-state index in [9.17, 15) is 18.4 Å². The molecule has 1 aromatic heterocycles. The van der Waals surface area contributed by atoms with E-state index in [4.69, 9.17) is 4.74 Å². The highest BCUT2D eigenvalue weighted by atomic mass is 32.2. The number of pyridine rings is 1. The minimum atomic E-state index is -3.99. The Morgan fingerprint density at radius 2 is 1.94 bits per heavy atom. The summed E-state index contributed by atoms with van der Waals surface area (Å²) in [6.45, 7) is 0.151. The van der Waals surface area contributed by atoms with Crippen LogP contribution in [-0.2, 0) is 21.2 Å². The van der Waals surface area contributed by atoms with E-state index >= 15 is 0 Å². The highest BCUT2D eigenvalue weighted by Crippen LogP contribution is 2.32. The van der Waals surface area contributed by atoms with Crippen molar-refractivity contribution >= 4 is 15.9 Å². The first-order valence-corrected chi connectivity index (χ1v) is 12.4. The molecule has 32 heavy (non-hydrogen) atoms. The van der Waals surface area contributed by atoms with Gasteiger partial charge in [0.05, 0.1) is 12.0 Å². The summed E-state index contributed by atoms with van der Waals surface area (Å²) < 4.78 is 33.8. The zero-order valence-electron chi connectivity index (χ0n) is 18.3. The van der Waals surface area contributed by atoms with Gasteiger partial charge in [-0.15, -0.1) is 0 Å². The Bertz CT molecular complexity index is 961. The lowest BCUT2D eigenvalue weighted by Gasteiger charge is -2.36. The molecule has 1 aliphatic carbocycles. The van der Waals surface area contributed by atoms with Crippen molar-refractivity contribution in [1.29, 1.82) is 0 Å². The number of methoxy groups -OCH3 is 1. The summed E-state index contributed by atoms with van der Waals surface area (Å²) in [4.78, 5) is 17.0. The molecule has 0 saturated heterocycles. The molecule has 1 heterocycles. The number of aromatic nitrogens is 1. The molecule has 1 fully saturated rings. The monoisotopic (exact) mass is 461 g/mol. The second-order valence-corrected chi connectivity index (χ2v) is 9.97. The molecule has 9 heteroatoms. The molecule has 1 saturated carbocycles. The molecule has 1 atom stereocenters. The maximum absolute atomic E-state index is 13.7. The van der Waals surface area contributed by atoms with Crippen molar-refractivity contribution in [2.45, 2.75) is 55.9 Å². The number of nitrogens with zero attached hydrogens (tertiary/aromatic N) is 2. The van der Waals surface area contributed by atoms with Crippen LogP contribution < -0.4 is 10.2 Å². The normalized spacial score (nSPS) is 16.0. The van der Waals surface area contributed by atoms with E-state index in [1.807, 2.05) is 12.1 Å². The van der Waals surface area contributed by atoms with Crippen molar-refractivity contribution in [2.75, 3.05) is 13.7 Å². The molecule has 0 aliphatic heterocycles. The van der Waals surface area contributed by atoms with Gasteiger partial charge in [0.25, 0.3) is 5.91 Å². The Labute approximate surface area is 189 Å². The van der Waals surface area contributed by atoms with Gasteiger partial charge in [-0.1, -0.05) is 25.3 Å². The van der Waals surface area contributed by atoms with Crippen LogP contribution in [0.1, 0.15) is 44.1 Å². The van der Waals surface area contributed by atoms with Crippen LogP contribution in [0.2, 0.25) is 0 Å². The van der Waals surface area contributed by atoms with Crippen molar-refractivity contribution in [1.82, 2.24) is 14.8 Å². The Morgan fingerprint density at radius 1 is 1.22 bits per heavy atom. The standard InChI is InChI=1S/C23H31N3O5S/c1-31-20-11-13-21(14-12-20)32(29,30)26(16-6-8-18-7-5-15-24-17-18)22(23(27)25-28)19-9-3-2-4-10-19/h5,7,11-15,17,19,22,28H,2-4,6,8-10,16H2,1H3,(H,25,27). The summed E-state index contributed by atoms with van der Waals surface area (Å²) in [7, 11) is -2.48. The minimum Gasteiger partial charge on any atom is -0.497 e. The Hall–Kier alpha value is -2.49. The number of sulfonamides is 1. The number of aryl methyl sites for hydroxylation is 1. The topological polar surface area (TPSA) is 109 Å². The predicted octanol–water partition coefficient (Wildman–Crippen LogP) is 3.17. The maximum atomic E-state index is 13.7. The molecular weight excluding hydrogens is 430 g/mol. The number of carbonyl (C=O) groups is 1. The SMILES string of the molecule is COc1ccc(S(=O)(=O)N(CCCc2cccnc2)C(C(=O)NO)C2CCCCC2)cc1. The first kappa shape index (κ1) is 24.2. The number of rotatable bonds is 10. The lowest BCUT2D eigenvalue weighted by Crippen LogP contribution is -2.53. The number of carbonyl (C=O) groups excluding carboxylic acids is 1. The molecule has 1 aromatic carbocycles. The van der Waals surface area contributed by atoms with Gasteiger partial charge in [0.15, 0.2) is 0 Å². The van der Waals surface area contributed by atoms with Gasteiger partial charge in [0, 0.05) is 18.9 Å². The largest absolute Gasteiger partial charge is 0.497 e. The van der Waals surface area contributed by atoms with Gasteiger partial charge in [-0.3, -0.25) is 15.0 Å². The molecule has 2 aromatic rings. The maximum Gasteiger partial charge on any atom is 0.262 e. The van der Waals surface area contributed by atoms with E-state index in [-0.39, 0.29) is 17.4 Å². The van der Waals surface area contributed by atoms with Crippen molar-refractivity contribution in [3.05, 3.63) is 54.4 Å². The van der Waals surface area contributed by atoms with Crippen LogP contribution in [0.3, 0.4) is 0 Å². The van der Waals surface area contributed by atoms with Gasteiger partial charge in [-0.2, -0.15) is 4.31 Å². The summed E-state index contributed by atoms with van der Waals surface area (Å²) in [6.07, 6.45) is 9.01. The van der Waals surface area contributed by atoms with Crippen LogP contribution in [-0.4, -0.2) is 48.5 Å². The second kappa shape index (κ2) is 11.4. The van der Waals surface area contributed by atoms with Crippen molar-refractivity contribution < 1.29 is 23.2 Å². The summed E-state index contributed by atoms with van der Waals surface area (Å²) in [5.41, 5.74) is 2.71. The van der Waals surface area contributed by atoms with E-state index in [1.165, 1.54) is 23.5 Å². The number of ether oxygens (including phenoxy) is 1. The number of nitrogens with one attached hydrogen (secondary N) is 1. The van der Waals surface area contributed by atoms with Gasteiger partial charge >= 0.3 is 0 Å². The third-order valence-electron chi connectivity index (χ3n) is 6.02. The highest BCUT2D eigenvalue weighted by Gasteiger charge is 2.40. The number of hydrogen-bond donors (Lipinski definition) is 2. The van der Waals surface area contributed by atoms with Crippen LogP contribution in [0.25, 0.3) is 0 Å². The zero-order chi connectivity index (χ0) is 23.0. The smallest absolute Gasteiger partial charge is 0.262 e. The summed E-state index contributed by atoms with van der Waals surface area (Å²) in [6, 6.07) is 8.94. The van der Waals surface area contributed by atoms with Crippen LogP contribution in [0.4, 0.5) is 0 Å². The Morgan fingerprint density at radius 3 is 2.53 bits per heavy atom. The molecule has 174 valence electrons. The summed E-state index contributed by atoms with van der Waals surface area (Å²) in [5.74, 6) is -0.290. The first-order valence-electron chi connectivity index (χ1n) is 11.0. The molecule has 2 N–H and O–H groups in total. The second-order valence-electron chi connectivity index (χ2n) is 8.08. The molecule has 8 nitrogen and oxygen atoms in total. The fraction of sp³-hybridized carbons (Fsp3) is 0.478. The van der Waals surface area contributed by atoms with Crippen LogP contribution in [0.5, 0.6) is 5.75 Å². The van der Waals surface area contributed by atoms with Crippen molar-refractivity contribution in [3.63, 3.8) is 0 Å². The minimum absolute atomic E-state index is 0.0891. The van der Waals surface area contributed by atoms with E-state index in [1.54, 1.807) is 30.0 Å². The molecule has 3 rings (SSSR count). The molecule has 1 unspecified atom stereocenters. The number of hydroxylamine groups is 1. The Balaban J connectivity index is 1.92. The van der Waals surface area contributed by atoms with Gasteiger partial charge in [-0.25, -0.2) is 13.9 Å². The summed E-state index contributed by atoms with van der Waals surface area (Å²) in [5, 5.41) is 9.45. The fourth-order valence-corrected chi connectivity index (χ4v) is 6.06. The molecule has 1 amide bonds. The van der Waals surface area contributed by atoms with Crippen LogP contribution in [0.15, 0.2) is 53.7 Å². The highest BCUT2D eigenvalue weighted by molar-refractivity contribution is 7.89. The lowest BCUT2D eigenvalue weighted by molar-refractivity contribution is -0.135. The van der Waals surface area contributed by atoms with Gasteiger partial charge in [-0.05, 0) is 67.5 Å². The molecule has 0 spiro atoms.